The maximum atomic E-state index is 10.8. The normalized spacial score (nSPS) is 10.3. The van der Waals surface area contributed by atoms with Gasteiger partial charge in [0.15, 0.2) is 0 Å². The number of ether oxygens (including phenoxy) is 1. The predicted molar refractivity (Wildman–Crippen MR) is 121 cm³/mol. The molecule has 0 fully saturated rings. The Morgan fingerprint density at radius 3 is 1.21 bits per heavy atom. The molecular weight excluding hydrogens is 368 g/mol. The summed E-state index contributed by atoms with van der Waals surface area (Å²) in [5.74, 6) is -0.758. The number of aliphatic carboxylic acids is 1. The van der Waals surface area contributed by atoms with Crippen LogP contribution in [-0.4, -0.2) is 37.2 Å². The summed E-state index contributed by atoms with van der Waals surface area (Å²) < 4.78 is 4.57. The van der Waals surface area contributed by atoms with Gasteiger partial charge in [-0.2, -0.15) is 0 Å². The highest BCUT2D eigenvalue weighted by molar-refractivity contribution is 5.69. The molecular formula is C23H48N2O4. The molecule has 29 heavy (non-hydrogen) atoms. The number of carboxylic acid groups (broad SMARTS) is 1. The lowest BCUT2D eigenvalue weighted by molar-refractivity contribution is -0.141. The van der Waals surface area contributed by atoms with Crippen LogP contribution < -0.4 is 11.5 Å². The summed E-state index contributed by atoms with van der Waals surface area (Å²) in [5, 5.41) is 8.40. The monoisotopic (exact) mass is 416 g/mol. The molecule has 0 rings (SSSR count). The Kier molecular flexibility index (Phi) is 27.8. The molecule has 0 radical (unpaired) electrons. The Hall–Kier alpha value is -1.14. The molecule has 6 heteroatoms. The van der Waals surface area contributed by atoms with E-state index in [4.69, 9.17) is 16.6 Å². The summed E-state index contributed by atoms with van der Waals surface area (Å²) in [5.41, 5.74) is 10.8. The third kappa shape index (κ3) is 31.8. The minimum absolute atomic E-state index is 0.0852. The van der Waals surface area contributed by atoms with Gasteiger partial charge < -0.3 is 21.3 Å². The molecule has 6 nitrogen and oxygen atoms in total. The fourth-order valence-electron chi connectivity index (χ4n) is 3.06. The minimum Gasteiger partial charge on any atom is -0.481 e. The van der Waals surface area contributed by atoms with Gasteiger partial charge in [0.1, 0.15) is 0 Å². The summed E-state index contributed by atoms with van der Waals surface area (Å²) >= 11 is 0. The molecule has 174 valence electrons. The lowest BCUT2D eigenvalue weighted by atomic mass is 10.1. The van der Waals surface area contributed by atoms with Crippen molar-refractivity contribution in [1.29, 1.82) is 0 Å². The number of esters is 1. The molecule has 0 aliphatic heterocycles. The van der Waals surface area contributed by atoms with E-state index in [-0.39, 0.29) is 5.97 Å². The van der Waals surface area contributed by atoms with Crippen molar-refractivity contribution in [2.45, 2.75) is 116 Å². The number of nitrogens with two attached hydrogens (primary N) is 2. The SMILES string of the molecule is COC(=O)CCCCCCCCCCN.NCCCCCCCCCCC(=O)O. The molecule has 0 saturated carbocycles. The summed E-state index contributed by atoms with van der Waals surface area (Å²) in [7, 11) is 1.44. The van der Waals surface area contributed by atoms with E-state index in [0.717, 1.165) is 51.6 Å². The highest BCUT2D eigenvalue weighted by Crippen LogP contribution is 2.10. The summed E-state index contributed by atoms with van der Waals surface area (Å²) in [4.78, 5) is 21.0. The fraction of sp³-hybridized carbons (Fsp3) is 0.913. The second-order valence-corrected chi connectivity index (χ2v) is 7.70. The minimum atomic E-state index is -0.673. The maximum Gasteiger partial charge on any atom is 0.305 e. The lowest BCUT2D eigenvalue weighted by Gasteiger charge is -2.01. The van der Waals surface area contributed by atoms with E-state index in [1.807, 2.05) is 0 Å². The van der Waals surface area contributed by atoms with Gasteiger partial charge in [-0.15, -0.1) is 0 Å². The van der Waals surface area contributed by atoms with E-state index >= 15 is 0 Å². The highest BCUT2D eigenvalue weighted by atomic mass is 16.5. The molecule has 0 aromatic heterocycles. The van der Waals surface area contributed by atoms with Gasteiger partial charge in [0, 0.05) is 12.8 Å². The van der Waals surface area contributed by atoms with E-state index in [1.165, 1.54) is 71.3 Å². The quantitative estimate of drug-likeness (QED) is 0.186. The van der Waals surface area contributed by atoms with Crippen LogP contribution in [-0.2, 0) is 14.3 Å². The Bertz CT molecular complexity index is 352. The average Bonchev–Trinajstić information content (AvgIpc) is 2.71. The van der Waals surface area contributed by atoms with E-state index in [0.29, 0.717) is 12.8 Å². The molecule has 0 heterocycles. The van der Waals surface area contributed by atoms with E-state index in [2.05, 4.69) is 4.74 Å². The standard InChI is InChI=1S/C12H25NO2.C11H23NO2/c1-15-12(14)10-8-6-4-2-3-5-7-9-11-13;12-10-8-6-4-2-1-3-5-7-9-11(13)14/h2-11,13H2,1H3;1-10,12H2,(H,13,14). The van der Waals surface area contributed by atoms with E-state index < -0.39 is 5.97 Å². The Balaban J connectivity index is 0. The van der Waals surface area contributed by atoms with Crippen molar-refractivity contribution in [3.63, 3.8) is 0 Å². The zero-order valence-electron chi connectivity index (χ0n) is 19.0. The maximum absolute atomic E-state index is 10.8. The molecule has 0 atom stereocenters. The first-order chi connectivity index (χ1) is 14.1. The molecule has 0 amide bonds. The third-order valence-electron chi connectivity index (χ3n) is 4.91. The first-order valence-electron chi connectivity index (χ1n) is 11.8. The average molecular weight is 417 g/mol. The van der Waals surface area contributed by atoms with Crippen molar-refractivity contribution < 1.29 is 19.4 Å². The number of hydrogen-bond donors (Lipinski definition) is 3. The molecule has 0 aliphatic rings. The van der Waals surface area contributed by atoms with Crippen LogP contribution in [0.15, 0.2) is 0 Å². The zero-order valence-corrected chi connectivity index (χ0v) is 19.0. The zero-order chi connectivity index (χ0) is 22.0. The molecule has 0 aromatic rings. The van der Waals surface area contributed by atoms with Gasteiger partial charge in [-0.1, -0.05) is 77.0 Å². The van der Waals surface area contributed by atoms with Crippen molar-refractivity contribution in [1.82, 2.24) is 0 Å². The van der Waals surface area contributed by atoms with Gasteiger partial charge in [0.05, 0.1) is 7.11 Å². The van der Waals surface area contributed by atoms with Crippen molar-refractivity contribution in [2.75, 3.05) is 20.2 Å². The summed E-state index contributed by atoms with van der Waals surface area (Å²) in [6, 6.07) is 0. The van der Waals surface area contributed by atoms with Crippen LogP contribution in [0.4, 0.5) is 0 Å². The number of rotatable bonds is 20. The van der Waals surface area contributed by atoms with Crippen LogP contribution in [0.3, 0.4) is 0 Å². The van der Waals surface area contributed by atoms with Gasteiger partial charge in [-0.25, -0.2) is 0 Å². The second-order valence-electron chi connectivity index (χ2n) is 7.70. The molecule has 5 N–H and O–H groups in total. The van der Waals surface area contributed by atoms with Gasteiger partial charge >= 0.3 is 11.9 Å². The number of carbonyl (C=O) groups is 2. The number of carbonyl (C=O) groups excluding carboxylic acids is 1. The number of methoxy groups -OCH3 is 1. The predicted octanol–water partition coefficient (Wildman–Crippen LogP) is 5.17. The van der Waals surface area contributed by atoms with Gasteiger partial charge in [0.2, 0.25) is 0 Å². The van der Waals surface area contributed by atoms with Crippen LogP contribution in [0, 0.1) is 0 Å². The van der Waals surface area contributed by atoms with Gasteiger partial charge in [-0.05, 0) is 38.8 Å². The molecule has 0 unspecified atom stereocenters. The van der Waals surface area contributed by atoms with Crippen molar-refractivity contribution in [2.24, 2.45) is 11.5 Å². The van der Waals surface area contributed by atoms with Crippen LogP contribution >= 0.6 is 0 Å². The molecule has 0 saturated heterocycles. The first kappa shape index (κ1) is 30.1. The van der Waals surface area contributed by atoms with E-state index in [1.54, 1.807) is 0 Å². The molecule has 0 aliphatic carbocycles. The highest BCUT2D eigenvalue weighted by Gasteiger charge is 1.99. The van der Waals surface area contributed by atoms with Crippen molar-refractivity contribution in [3.8, 4) is 0 Å². The first-order valence-corrected chi connectivity index (χ1v) is 11.8. The number of unbranched alkanes of at least 4 members (excludes halogenated alkanes) is 14. The third-order valence-corrected chi connectivity index (χ3v) is 4.91. The Morgan fingerprint density at radius 1 is 0.586 bits per heavy atom. The molecule has 0 aromatic carbocycles. The topological polar surface area (TPSA) is 116 Å². The largest absolute Gasteiger partial charge is 0.481 e. The number of carboxylic acids is 1. The Labute approximate surface area is 179 Å². The van der Waals surface area contributed by atoms with Crippen molar-refractivity contribution in [3.05, 3.63) is 0 Å². The van der Waals surface area contributed by atoms with Crippen LogP contribution in [0.2, 0.25) is 0 Å². The van der Waals surface area contributed by atoms with Crippen molar-refractivity contribution >= 4 is 11.9 Å². The second kappa shape index (κ2) is 26.9. The van der Waals surface area contributed by atoms with Crippen LogP contribution in [0.5, 0.6) is 0 Å². The van der Waals surface area contributed by atoms with E-state index in [9.17, 15) is 9.59 Å². The Morgan fingerprint density at radius 2 is 0.897 bits per heavy atom. The summed E-state index contributed by atoms with van der Waals surface area (Å²) in [6.45, 7) is 1.62. The van der Waals surface area contributed by atoms with Crippen LogP contribution in [0.1, 0.15) is 116 Å². The lowest BCUT2D eigenvalue weighted by Crippen LogP contribution is -1.99. The number of hydrogen-bond acceptors (Lipinski definition) is 5. The molecule has 0 bridgehead atoms. The fourth-order valence-corrected chi connectivity index (χ4v) is 3.06. The molecule has 0 spiro atoms. The summed E-state index contributed by atoms with van der Waals surface area (Å²) in [6.07, 6.45) is 19.8. The van der Waals surface area contributed by atoms with Gasteiger partial charge in [-0.3, -0.25) is 9.59 Å². The van der Waals surface area contributed by atoms with Crippen LogP contribution in [0.25, 0.3) is 0 Å². The van der Waals surface area contributed by atoms with Gasteiger partial charge in [0.25, 0.3) is 0 Å². The smallest absolute Gasteiger partial charge is 0.305 e.